The summed E-state index contributed by atoms with van der Waals surface area (Å²) >= 11 is -2.76. The van der Waals surface area contributed by atoms with Gasteiger partial charge in [0.25, 0.3) is 0 Å². The second-order valence-corrected chi connectivity index (χ2v) is 7.58. The Morgan fingerprint density at radius 1 is 1.32 bits per heavy atom. The van der Waals surface area contributed by atoms with Gasteiger partial charge >= 0.3 is 5.76 Å². The lowest BCUT2D eigenvalue weighted by Gasteiger charge is -2.21. The predicted octanol–water partition coefficient (Wildman–Crippen LogP) is 2.96. The van der Waals surface area contributed by atoms with Gasteiger partial charge in [0.1, 0.15) is 5.82 Å². The molecule has 0 aliphatic carbocycles. The summed E-state index contributed by atoms with van der Waals surface area (Å²) in [6.07, 6.45) is 3.00. The molecule has 0 spiro atoms. The zero-order chi connectivity index (χ0) is 19.8. The van der Waals surface area contributed by atoms with E-state index in [9.17, 15) is 17.9 Å². The average molecular weight is 401 g/mol. The van der Waals surface area contributed by atoms with Crippen LogP contribution in [0.15, 0.2) is 56.6 Å². The Hall–Kier alpha value is -2.55. The molecule has 0 radical (unpaired) electrons. The predicted molar refractivity (Wildman–Crippen MR) is 103 cm³/mol. The highest BCUT2D eigenvalue weighted by Gasteiger charge is 2.22. The lowest BCUT2D eigenvalue weighted by atomic mass is 9.92. The fraction of sp³-hybridized carbons (Fsp3) is 0.250. The van der Waals surface area contributed by atoms with Crippen LogP contribution in [0.1, 0.15) is 30.5 Å². The Balaban J connectivity index is 1.87. The minimum absolute atomic E-state index is 0.0380. The maximum Gasteiger partial charge on any atom is 0.420 e. The molecule has 0 saturated heterocycles. The van der Waals surface area contributed by atoms with Crippen LogP contribution in [-0.2, 0) is 11.1 Å². The highest BCUT2D eigenvalue weighted by molar-refractivity contribution is 7.79. The number of benzene rings is 2. The van der Waals surface area contributed by atoms with Crippen molar-refractivity contribution in [1.29, 1.82) is 0 Å². The van der Waals surface area contributed by atoms with E-state index >= 15 is 0 Å². The standard InChI is InChI=1S/C20H19FN2O4S/c1-12(14-4-2-3-5-15(14)13-6-8-22-9-7-13)23-17-10-16(21)19(28(25)26)11-18(17)27-20(23)24/h2-6,10-12,22H,7-9H2,1H3,(H,25,26)/p-1/t12-/m1/s1. The van der Waals surface area contributed by atoms with Crippen molar-refractivity contribution in [2.45, 2.75) is 24.3 Å². The number of hydrogen-bond donors (Lipinski definition) is 1. The molecular formula is C20H18FN2O4S-. The number of aromatic nitrogens is 1. The van der Waals surface area contributed by atoms with Gasteiger partial charge in [0.2, 0.25) is 0 Å². The zero-order valence-electron chi connectivity index (χ0n) is 15.1. The van der Waals surface area contributed by atoms with Crippen LogP contribution in [0.3, 0.4) is 0 Å². The molecular weight excluding hydrogens is 383 g/mol. The van der Waals surface area contributed by atoms with Crippen molar-refractivity contribution < 1.29 is 17.6 Å². The smallest absolute Gasteiger partial charge is 0.420 e. The number of hydrogen-bond acceptors (Lipinski definition) is 5. The molecule has 1 aliphatic rings. The van der Waals surface area contributed by atoms with Gasteiger partial charge in [-0.1, -0.05) is 30.3 Å². The van der Waals surface area contributed by atoms with Crippen molar-refractivity contribution >= 4 is 27.8 Å². The van der Waals surface area contributed by atoms with E-state index in [1.54, 1.807) is 0 Å². The van der Waals surface area contributed by atoms with E-state index in [4.69, 9.17) is 4.42 Å². The van der Waals surface area contributed by atoms with Crippen LogP contribution in [0.4, 0.5) is 4.39 Å². The van der Waals surface area contributed by atoms with Crippen molar-refractivity contribution in [3.8, 4) is 0 Å². The molecule has 0 bridgehead atoms. The van der Waals surface area contributed by atoms with Crippen LogP contribution in [0.2, 0.25) is 0 Å². The molecule has 2 heterocycles. The van der Waals surface area contributed by atoms with Crippen molar-refractivity contribution in [2.24, 2.45) is 0 Å². The number of nitrogens with zero attached hydrogens (tertiary/aromatic N) is 1. The first-order valence-electron chi connectivity index (χ1n) is 8.90. The summed E-state index contributed by atoms with van der Waals surface area (Å²) < 4.78 is 43.1. The lowest BCUT2D eigenvalue weighted by molar-refractivity contribution is 0.488. The average Bonchev–Trinajstić information content (AvgIpc) is 3.02. The van der Waals surface area contributed by atoms with E-state index in [2.05, 4.69) is 11.4 Å². The normalized spacial score (nSPS) is 16.8. The van der Waals surface area contributed by atoms with Gasteiger partial charge < -0.3 is 14.3 Å². The first-order chi connectivity index (χ1) is 13.5. The molecule has 28 heavy (non-hydrogen) atoms. The minimum Gasteiger partial charge on any atom is -0.768 e. The molecule has 0 amide bonds. The maximum atomic E-state index is 14.2. The van der Waals surface area contributed by atoms with Gasteiger partial charge in [-0.05, 0) is 47.7 Å². The Kier molecular flexibility index (Phi) is 5.01. The number of rotatable bonds is 4. The molecule has 1 aliphatic heterocycles. The van der Waals surface area contributed by atoms with Gasteiger partial charge in [-0.2, -0.15) is 0 Å². The van der Waals surface area contributed by atoms with Crippen molar-refractivity contribution in [1.82, 2.24) is 9.88 Å². The van der Waals surface area contributed by atoms with Gasteiger partial charge in [0.05, 0.1) is 16.5 Å². The second kappa shape index (κ2) is 7.46. The highest BCUT2D eigenvalue weighted by Crippen LogP contribution is 2.31. The lowest BCUT2D eigenvalue weighted by Crippen LogP contribution is -2.22. The Labute approximate surface area is 163 Å². The van der Waals surface area contributed by atoms with Crippen LogP contribution >= 0.6 is 0 Å². The molecule has 0 saturated carbocycles. The number of oxazole rings is 1. The molecule has 8 heteroatoms. The molecule has 6 nitrogen and oxygen atoms in total. The summed E-state index contributed by atoms with van der Waals surface area (Å²) in [7, 11) is 0. The Morgan fingerprint density at radius 2 is 2.11 bits per heavy atom. The van der Waals surface area contributed by atoms with Gasteiger partial charge in [-0.15, -0.1) is 0 Å². The molecule has 4 rings (SSSR count). The van der Waals surface area contributed by atoms with Crippen LogP contribution in [0, 0.1) is 5.82 Å². The summed E-state index contributed by atoms with van der Waals surface area (Å²) in [5, 5.41) is 3.28. The fourth-order valence-electron chi connectivity index (χ4n) is 3.69. The third-order valence-corrected chi connectivity index (χ3v) is 5.73. The minimum atomic E-state index is -2.76. The molecule has 1 unspecified atom stereocenters. The van der Waals surface area contributed by atoms with E-state index in [1.165, 1.54) is 10.1 Å². The van der Waals surface area contributed by atoms with E-state index in [1.807, 2.05) is 31.2 Å². The highest BCUT2D eigenvalue weighted by atomic mass is 32.2. The summed E-state index contributed by atoms with van der Waals surface area (Å²) in [6.45, 7) is 3.50. The van der Waals surface area contributed by atoms with Crippen LogP contribution in [-0.4, -0.2) is 26.4 Å². The van der Waals surface area contributed by atoms with Crippen molar-refractivity contribution in [2.75, 3.05) is 13.1 Å². The topological polar surface area (TPSA) is 87.3 Å². The van der Waals surface area contributed by atoms with E-state index in [-0.39, 0.29) is 11.1 Å². The molecule has 2 atom stereocenters. The Morgan fingerprint density at radius 3 is 2.82 bits per heavy atom. The Bertz CT molecular complexity index is 1160. The van der Waals surface area contributed by atoms with E-state index in [0.717, 1.165) is 42.8 Å². The van der Waals surface area contributed by atoms with E-state index < -0.39 is 33.6 Å². The largest absolute Gasteiger partial charge is 0.768 e. The van der Waals surface area contributed by atoms with Gasteiger partial charge in [-0.3, -0.25) is 8.78 Å². The van der Waals surface area contributed by atoms with Crippen LogP contribution in [0.25, 0.3) is 16.7 Å². The van der Waals surface area contributed by atoms with Crippen LogP contribution in [0.5, 0.6) is 0 Å². The third-order valence-electron chi connectivity index (χ3n) is 5.05. The number of fused-ring (bicyclic) bond motifs is 1. The fourth-order valence-corrected chi connectivity index (χ4v) is 4.11. The summed E-state index contributed by atoms with van der Waals surface area (Å²) in [5.41, 5.74) is 3.40. The molecule has 1 N–H and O–H groups in total. The summed E-state index contributed by atoms with van der Waals surface area (Å²) in [6, 6.07) is 9.43. The van der Waals surface area contributed by atoms with E-state index in [0.29, 0.717) is 0 Å². The van der Waals surface area contributed by atoms with Crippen molar-refractivity contribution in [3.63, 3.8) is 0 Å². The molecule has 146 valence electrons. The third kappa shape index (κ3) is 3.23. The molecule has 2 aromatic carbocycles. The van der Waals surface area contributed by atoms with Crippen molar-refractivity contribution in [3.05, 3.63) is 70.0 Å². The number of nitrogens with one attached hydrogen (secondary N) is 1. The summed E-state index contributed by atoms with van der Waals surface area (Å²) in [4.78, 5) is 12.0. The second-order valence-electron chi connectivity index (χ2n) is 6.67. The molecule has 3 aromatic rings. The molecule has 0 fully saturated rings. The van der Waals surface area contributed by atoms with Crippen LogP contribution < -0.4 is 11.1 Å². The quantitative estimate of drug-likeness (QED) is 0.679. The maximum absolute atomic E-state index is 14.2. The monoisotopic (exact) mass is 401 g/mol. The summed E-state index contributed by atoms with van der Waals surface area (Å²) in [5.74, 6) is -1.58. The first-order valence-corrected chi connectivity index (χ1v) is 9.97. The number of halogens is 1. The SMILES string of the molecule is C[C@H](c1ccccc1C1=CCNCC1)n1c(=O)oc2cc(S(=O)[O-])c(F)cc21. The van der Waals surface area contributed by atoms with Gasteiger partial charge in [0.15, 0.2) is 5.58 Å². The van der Waals surface area contributed by atoms with Gasteiger partial charge in [0, 0.05) is 18.7 Å². The first kappa shape index (κ1) is 18.8. The zero-order valence-corrected chi connectivity index (χ0v) is 15.9. The molecule has 1 aromatic heterocycles. The van der Waals surface area contributed by atoms with Gasteiger partial charge in [-0.25, -0.2) is 9.18 Å².